The molecule has 152 valence electrons. The molecular formula is C21H22N2O6. The van der Waals surface area contributed by atoms with E-state index >= 15 is 0 Å². The van der Waals surface area contributed by atoms with E-state index in [0.29, 0.717) is 11.3 Å². The molecule has 2 rings (SSSR count). The summed E-state index contributed by atoms with van der Waals surface area (Å²) >= 11 is 0. The van der Waals surface area contributed by atoms with Crippen LogP contribution in [0.5, 0.6) is 0 Å². The van der Waals surface area contributed by atoms with Crippen LogP contribution in [-0.4, -0.2) is 36.1 Å². The van der Waals surface area contributed by atoms with E-state index in [1.165, 1.54) is 12.1 Å². The summed E-state index contributed by atoms with van der Waals surface area (Å²) in [6.45, 7) is 4.57. The number of benzene rings is 2. The highest BCUT2D eigenvalue weighted by molar-refractivity contribution is 6.05. The Balaban J connectivity index is 1.88. The van der Waals surface area contributed by atoms with Crippen LogP contribution < -0.4 is 10.6 Å². The number of esters is 1. The number of carbonyl (C=O) groups excluding carboxylic acids is 4. The smallest absolute Gasteiger partial charge is 0.412 e. The maximum Gasteiger partial charge on any atom is 0.412 e. The molecule has 0 unspecified atom stereocenters. The van der Waals surface area contributed by atoms with E-state index in [0.717, 1.165) is 0 Å². The minimum absolute atomic E-state index is 0.126. The van der Waals surface area contributed by atoms with Crippen molar-refractivity contribution in [1.82, 2.24) is 5.32 Å². The van der Waals surface area contributed by atoms with E-state index in [9.17, 15) is 19.2 Å². The molecule has 0 bridgehead atoms. The van der Waals surface area contributed by atoms with Crippen molar-refractivity contribution in [2.45, 2.75) is 26.4 Å². The van der Waals surface area contributed by atoms with Gasteiger partial charge in [-0.15, -0.1) is 0 Å². The van der Waals surface area contributed by atoms with Gasteiger partial charge in [-0.25, -0.2) is 9.59 Å². The highest BCUT2D eigenvalue weighted by Gasteiger charge is 2.17. The first kappa shape index (κ1) is 21.6. The Morgan fingerprint density at radius 1 is 0.897 bits per heavy atom. The number of hydrogen-bond donors (Lipinski definition) is 2. The van der Waals surface area contributed by atoms with E-state index in [4.69, 9.17) is 9.47 Å². The average molecular weight is 398 g/mol. The lowest BCUT2D eigenvalue weighted by molar-refractivity contribution is -0.123. The first-order valence-corrected chi connectivity index (χ1v) is 8.80. The van der Waals surface area contributed by atoms with Crippen molar-refractivity contribution in [1.29, 1.82) is 0 Å². The van der Waals surface area contributed by atoms with Gasteiger partial charge in [-0.3, -0.25) is 20.2 Å². The molecule has 0 aromatic heterocycles. The van der Waals surface area contributed by atoms with E-state index in [-0.39, 0.29) is 5.56 Å². The highest BCUT2D eigenvalue weighted by Crippen LogP contribution is 2.14. The fourth-order valence-electron chi connectivity index (χ4n) is 2.18. The molecule has 0 saturated carbocycles. The zero-order valence-corrected chi connectivity index (χ0v) is 16.4. The van der Waals surface area contributed by atoms with Gasteiger partial charge in [0.15, 0.2) is 6.61 Å². The summed E-state index contributed by atoms with van der Waals surface area (Å²) in [6, 6.07) is 14.2. The van der Waals surface area contributed by atoms with Crippen LogP contribution in [0.15, 0.2) is 54.6 Å². The van der Waals surface area contributed by atoms with Crippen LogP contribution in [0, 0.1) is 0 Å². The van der Waals surface area contributed by atoms with Crippen LogP contribution in [0.3, 0.4) is 0 Å². The Labute approximate surface area is 168 Å². The molecule has 2 N–H and O–H groups in total. The van der Waals surface area contributed by atoms with Crippen LogP contribution in [-0.2, 0) is 14.3 Å². The number of anilines is 1. The summed E-state index contributed by atoms with van der Waals surface area (Å²) in [7, 11) is 0. The lowest BCUT2D eigenvalue weighted by Gasteiger charge is -2.19. The molecular weight excluding hydrogens is 376 g/mol. The molecule has 0 spiro atoms. The zero-order chi connectivity index (χ0) is 21.4. The van der Waals surface area contributed by atoms with Crippen LogP contribution in [0.25, 0.3) is 0 Å². The van der Waals surface area contributed by atoms with E-state index in [2.05, 4.69) is 10.6 Å². The molecule has 0 aliphatic rings. The number of ether oxygens (including phenoxy) is 2. The van der Waals surface area contributed by atoms with Crippen molar-refractivity contribution < 1.29 is 28.7 Å². The van der Waals surface area contributed by atoms with Gasteiger partial charge in [0.1, 0.15) is 5.60 Å². The predicted molar refractivity (Wildman–Crippen MR) is 105 cm³/mol. The number of hydrogen-bond acceptors (Lipinski definition) is 6. The topological polar surface area (TPSA) is 111 Å². The van der Waals surface area contributed by atoms with Crippen molar-refractivity contribution in [3.8, 4) is 0 Å². The third-order valence-corrected chi connectivity index (χ3v) is 3.37. The third-order valence-electron chi connectivity index (χ3n) is 3.37. The Bertz CT molecular complexity index is 903. The van der Waals surface area contributed by atoms with Crippen LogP contribution in [0.1, 0.15) is 41.5 Å². The Kier molecular flexibility index (Phi) is 7.08. The number of amides is 3. The molecule has 0 fully saturated rings. The van der Waals surface area contributed by atoms with E-state index in [1.807, 2.05) is 0 Å². The fraction of sp³-hybridized carbons (Fsp3) is 0.238. The summed E-state index contributed by atoms with van der Waals surface area (Å²) in [5.41, 5.74) is 0.108. The number of rotatable bonds is 5. The van der Waals surface area contributed by atoms with Crippen molar-refractivity contribution in [3.05, 3.63) is 65.7 Å². The minimum Gasteiger partial charge on any atom is -0.452 e. The van der Waals surface area contributed by atoms with Crippen molar-refractivity contribution in [2.75, 3.05) is 11.9 Å². The second kappa shape index (κ2) is 9.50. The first-order valence-electron chi connectivity index (χ1n) is 8.80. The lowest BCUT2D eigenvalue weighted by atomic mass is 10.2. The molecule has 29 heavy (non-hydrogen) atoms. The quantitative estimate of drug-likeness (QED) is 0.749. The van der Waals surface area contributed by atoms with Gasteiger partial charge in [-0.05, 0) is 51.1 Å². The third kappa shape index (κ3) is 7.45. The van der Waals surface area contributed by atoms with Crippen molar-refractivity contribution in [2.24, 2.45) is 0 Å². The van der Waals surface area contributed by atoms with Crippen molar-refractivity contribution in [3.63, 3.8) is 0 Å². The monoisotopic (exact) mass is 398 g/mol. The van der Waals surface area contributed by atoms with Gasteiger partial charge >= 0.3 is 12.1 Å². The average Bonchev–Trinajstić information content (AvgIpc) is 2.65. The lowest BCUT2D eigenvalue weighted by Crippen LogP contribution is -2.34. The molecule has 0 heterocycles. The SMILES string of the molecule is CC(C)(C)OC(=O)Nc1cccc(C(=O)OCC(=O)NC(=O)c2ccccc2)c1. The maximum absolute atomic E-state index is 12.1. The number of imide groups is 1. The largest absolute Gasteiger partial charge is 0.452 e. The molecule has 8 heteroatoms. The Morgan fingerprint density at radius 2 is 1.55 bits per heavy atom. The Hall–Kier alpha value is -3.68. The van der Waals surface area contributed by atoms with Gasteiger partial charge in [-0.1, -0.05) is 24.3 Å². The van der Waals surface area contributed by atoms with E-state index in [1.54, 1.807) is 63.2 Å². The predicted octanol–water partition coefficient (Wildman–Crippen LogP) is 3.15. The summed E-state index contributed by atoms with van der Waals surface area (Å²) in [6.07, 6.45) is -0.665. The normalized spacial score (nSPS) is 10.6. The van der Waals surface area contributed by atoms with Crippen LogP contribution in [0.2, 0.25) is 0 Å². The molecule has 2 aromatic carbocycles. The summed E-state index contributed by atoms with van der Waals surface area (Å²) < 4.78 is 10.1. The fourth-order valence-corrected chi connectivity index (χ4v) is 2.18. The van der Waals surface area contributed by atoms with Gasteiger partial charge in [-0.2, -0.15) is 0 Å². The molecule has 3 amide bonds. The van der Waals surface area contributed by atoms with Gasteiger partial charge in [0, 0.05) is 11.3 Å². The van der Waals surface area contributed by atoms with Crippen LogP contribution in [0.4, 0.5) is 10.5 Å². The molecule has 2 aromatic rings. The molecule has 0 radical (unpaired) electrons. The zero-order valence-electron chi connectivity index (χ0n) is 16.4. The standard InChI is InChI=1S/C21H22N2O6/c1-21(2,3)29-20(27)22-16-11-7-10-15(12-16)19(26)28-13-17(24)23-18(25)14-8-5-4-6-9-14/h4-12H,13H2,1-3H3,(H,22,27)(H,23,24,25). The number of nitrogens with one attached hydrogen (secondary N) is 2. The summed E-state index contributed by atoms with van der Waals surface area (Å²) in [5.74, 6) is -2.12. The van der Waals surface area contributed by atoms with Crippen LogP contribution >= 0.6 is 0 Å². The highest BCUT2D eigenvalue weighted by atomic mass is 16.6. The van der Waals surface area contributed by atoms with Gasteiger partial charge in [0.2, 0.25) is 0 Å². The van der Waals surface area contributed by atoms with Crippen molar-refractivity contribution >= 4 is 29.6 Å². The summed E-state index contributed by atoms with van der Waals surface area (Å²) in [4.78, 5) is 47.7. The minimum atomic E-state index is -0.778. The maximum atomic E-state index is 12.1. The Morgan fingerprint density at radius 3 is 2.21 bits per heavy atom. The van der Waals surface area contributed by atoms with Gasteiger partial charge in [0.25, 0.3) is 11.8 Å². The van der Waals surface area contributed by atoms with Gasteiger partial charge < -0.3 is 9.47 Å². The molecule has 0 saturated heterocycles. The second-order valence-electron chi connectivity index (χ2n) is 7.03. The van der Waals surface area contributed by atoms with E-state index < -0.39 is 36.1 Å². The molecule has 0 aliphatic carbocycles. The second-order valence-corrected chi connectivity index (χ2v) is 7.03. The molecule has 0 atom stereocenters. The molecule has 8 nitrogen and oxygen atoms in total. The summed E-state index contributed by atoms with van der Waals surface area (Å²) in [5, 5.41) is 4.64. The van der Waals surface area contributed by atoms with Gasteiger partial charge in [0.05, 0.1) is 5.56 Å². The first-order chi connectivity index (χ1) is 13.6. The number of carbonyl (C=O) groups is 4. The molecule has 0 aliphatic heterocycles.